The molecule has 0 heterocycles. The molecule has 0 saturated heterocycles. The lowest BCUT2D eigenvalue weighted by molar-refractivity contribution is -0.117. The van der Waals surface area contributed by atoms with Crippen LogP contribution in [0, 0.1) is 0 Å². The van der Waals surface area contributed by atoms with Gasteiger partial charge in [-0.25, -0.2) is 0 Å². The first-order valence-corrected chi connectivity index (χ1v) is 6.32. The molecule has 0 spiro atoms. The summed E-state index contributed by atoms with van der Waals surface area (Å²) in [5.41, 5.74) is 6.47. The lowest BCUT2D eigenvalue weighted by Gasteiger charge is -2.12. The van der Waals surface area contributed by atoms with Crippen LogP contribution in [0.3, 0.4) is 0 Å². The highest BCUT2D eigenvalue weighted by Gasteiger charge is 2.05. The van der Waals surface area contributed by atoms with Gasteiger partial charge in [0.25, 0.3) is 0 Å². The van der Waals surface area contributed by atoms with Crippen molar-refractivity contribution in [3.63, 3.8) is 0 Å². The summed E-state index contributed by atoms with van der Waals surface area (Å²) in [5.74, 6) is -0.0972. The first kappa shape index (κ1) is 13.9. The van der Waals surface area contributed by atoms with E-state index >= 15 is 0 Å². The normalized spacial score (nSPS) is 12.6. The van der Waals surface area contributed by atoms with Gasteiger partial charge in [-0.3, -0.25) is 4.79 Å². The van der Waals surface area contributed by atoms with Crippen LogP contribution in [0.5, 0.6) is 0 Å². The van der Waals surface area contributed by atoms with E-state index in [4.69, 9.17) is 5.73 Å². The Bertz CT molecular complexity index is 387. The zero-order valence-corrected chi connectivity index (χ0v) is 11.4. The van der Waals surface area contributed by atoms with E-state index < -0.39 is 0 Å². The topological polar surface area (TPSA) is 55.1 Å². The van der Waals surface area contributed by atoms with Crippen LogP contribution in [-0.2, 0) is 11.2 Å². The minimum Gasteiger partial charge on any atom is -0.350 e. The fourth-order valence-electron chi connectivity index (χ4n) is 1.49. The van der Waals surface area contributed by atoms with E-state index in [0.717, 1.165) is 10.9 Å². The number of hydrogen-bond donors (Lipinski definition) is 2. The van der Waals surface area contributed by atoms with Crippen LogP contribution in [-0.4, -0.2) is 18.5 Å². The molecule has 0 aliphatic rings. The largest absolute Gasteiger partial charge is 0.350 e. The van der Waals surface area contributed by atoms with Crippen molar-refractivity contribution >= 4 is 21.8 Å². The fraction of sp³-hybridized carbons (Fsp3) is 0.308. The number of carbonyl (C=O) groups excluding carboxylic acids is 1. The highest BCUT2D eigenvalue weighted by molar-refractivity contribution is 9.10. The highest BCUT2D eigenvalue weighted by Crippen LogP contribution is 2.11. The Morgan fingerprint density at radius 2 is 2.12 bits per heavy atom. The summed E-state index contributed by atoms with van der Waals surface area (Å²) in [6.07, 6.45) is 3.93. The van der Waals surface area contributed by atoms with E-state index in [1.807, 2.05) is 31.2 Å². The first-order chi connectivity index (χ1) is 8.11. The molecule has 1 aromatic carbocycles. The van der Waals surface area contributed by atoms with Crippen molar-refractivity contribution in [3.8, 4) is 0 Å². The lowest BCUT2D eigenvalue weighted by atomic mass is 10.1. The quantitative estimate of drug-likeness (QED) is 0.817. The molecule has 3 nitrogen and oxygen atoms in total. The molecular weight excluding hydrogens is 280 g/mol. The van der Waals surface area contributed by atoms with Gasteiger partial charge in [0.2, 0.25) is 5.91 Å². The first-order valence-electron chi connectivity index (χ1n) is 5.53. The van der Waals surface area contributed by atoms with Crippen LogP contribution in [0.1, 0.15) is 12.5 Å². The third kappa shape index (κ3) is 5.65. The number of benzene rings is 1. The maximum Gasteiger partial charge on any atom is 0.243 e. The summed E-state index contributed by atoms with van der Waals surface area (Å²) in [4.78, 5) is 11.4. The van der Waals surface area contributed by atoms with Gasteiger partial charge in [-0.1, -0.05) is 34.1 Å². The van der Waals surface area contributed by atoms with Crippen molar-refractivity contribution in [1.29, 1.82) is 0 Å². The minimum absolute atomic E-state index is 0.0972. The Labute approximate surface area is 110 Å². The molecule has 1 amide bonds. The highest BCUT2D eigenvalue weighted by atomic mass is 79.9. The van der Waals surface area contributed by atoms with Gasteiger partial charge < -0.3 is 11.1 Å². The van der Waals surface area contributed by atoms with Crippen LogP contribution < -0.4 is 11.1 Å². The molecule has 0 bridgehead atoms. The van der Waals surface area contributed by atoms with Crippen molar-refractivity contribution < 1.29 is 4.79 Å². The van der Waals surface area contributed by atoms with Crippen molar-refractivity contribution in [2.45, 2.75) is 19.4 Å². The van der Waals surface area contributed by atoms with E-state index in [1.165, 1.54) is 11.6 Å². The molecule has 3 N–H and O–H groups in total. The van der Waals surface area contributed by atoms with Gasteiger partial charge in [0.1, 0.15) is 0 Å². The van der Waals surface area contributed by atoms with Crippen LogP contribution in [0.4, 0.5) is 0 Å². The van der Waals surface area contributed by atoms with Crippen LogP contribution in [0.15, 0.2) is 40.9 Å². The van der Waals surface area contributed by atoms with Gasteiger partial charge >= 0.3 is 0 Å². The molecule has 92 valence electrons. The van der Waals surface area contributed by atoms with E-state index in [1.54, 1.807) is 6.08 Å². The van der Waals surface area contributed by atoms with Gasteiger partial charge in [0, 0.05) is 23.1 Å². The molecule has 0 saturated carbocycles. The Morgan fingerprint density at radius 1 is 1.47 bits per heavy atom. The molecule has 0 aromatic heterocycles. The second-order valence-electron chi connectivity index (χ2n) is 3.88. The third-order valence-corrected chi connectivity index (χ3v) is 2.78. The van der Waals surface area contributed by atoms with E-state index in [9.17, 15) is 4.79 Å². The number of amides is 1. The predicted molar refractivity (Wildman–Crippen MR) is 73.6 cm³/mol. The standard InChI is InChI=1S/C13H17BrN2O/c1-10(16-13(17)3-2-8-15)9-11-4-6-12(14)7-5-11/h2-7,10H,8-9,15H2,1H3,(H,16,17)/b3-2+. The van der Waals surface area contributed by atoms with Gasteiger partial charge in [0.15, 0.2) is 0 Å². The molecule has 1 atom stereocenters. The van der Waals surface area contributed by atoms with Gasteiger partial charge in [-0.05, 0) is 31.0 Å². The Balaban J connectivity index is 2.44. The summed E-state index contributed by atoms with van der Waals surface area (Å²) in [5, 5.41) is 2.88. The van der Waals surface area contributed by atoms with Crippen LogP contribution >= 0.6 is 15.9 Å². The van der Waals surface area contributed by atoms with Crippen molar-refractivity contribution in [3.05, 3.63) is 46.5 Å². The van der Waals surface area contributed by atoms with E-state index in [0.29, 0.717) is 6.54 Å². The lowest BCUT2D eigenvalue weighted by Crippen LogP contribution is -2.32. The summed E-state index contributed by atoms with van der Waals surface area (Å²) >= 11 is 3.39. The molecule has 0 aliphatic heterocycles. The number of rotatable bonds is 5. The molecule has 1 unspecified atom stereocenters. The van der Waals surface area contributed by atoms with Crippen molar-refractivity contribution in [2.24, 2.45) is 5.73 Å². The second-order valence-corrected chi connectivity index (χ2v) is 4.79. The number of carbonyl (C=O) groups is 1. The van der Waals surface area contributed by atoms with E-state index in [2.05, 4.69) is 21.2 Å². The summed E-state index contributed by atoms with van der Waals surface area (Å²) < 4.78 is 1.06. The summed E-state index contributed by atoms with van der Waals surface area (Å²) in [6.45, 7) is 2.37. The number of hydrogen-bond acceptors (Lipinski definition) is 2. The predicted octanol–water partition coefficient (Wildman–Crippen LogP) is 2.01. The summed E-state index contributed by atoms with van der Waals surface area (Å²) in [6, 6.07) is 8.19. The van der Waals surface area contributed by atoms with Crippen LogP contribution in [0.25, 0.3) is 0 Å². The SMILES string of the molecule is CC(Cc1ccc(Br)cc1)NC(=O)/C=C/CN. The maximum absolute atomic E-state index is 11.4. The number of nitrogens with two attached hydrogens (primary N) is 1. The fourth-order valence-corrected chi connectivity index (χ4v) is 1.76. The minimum atomic E-state index is -0.0972. The number of nitrogens with one attached hydrogen (secondary N) is 1. The molecule has 0 radical (unpaired) electrons. The van der Waals surface area contributed by atoms with Crippen molar-refractivity contribution in [2.75, 3.05) is 6.54 Å². The summed E-state index contributed by atoms with van der Waals surface area (Å²) in [7, 11) is 0. The smallest absolute Gasteiger partial charge is 0.243 e. The Kier molecular flexibility index (Phi) is 5.94. The Hall–Kier alpha value is -1.13. The van der Waals surface area contributed by atoms with Crippen LogP contribution in [0.2, 0.25) is 0 Å². The third-order valence-electron chi connectivity index (χ3n) is 2.25. The molecule has 4 heteroatoms. The zero-order chi connectivity index (χ0) is 12.7. The molecule has 1 aromatic rings. The zero-order valence-electron chi connectivity index (χ0n) is 9.82. The molecule has 0 aliphatic carbocycles. The van der Waals surface area contributed by atoms with Gasteiger partial charge in [-0.15, -0.1) is 0 Å². The average Bonchev–Trinajstić information content (AvgIpc) is 2.29. The van der Waals surface area contributed by atoms with E-state index in [-0.39, 0.29) is 11.9 Å². The molecule has 0 fully saturated rings. The molecular formula is C13H17BrN2O. The van der Waals surface area contributed by atoms with Gasteiger partial charge in [0.05, 0.1) is 0 Å². The maximum atomic E-state index is 11.4. The molecule has 17 heavy (non-hydrogen) atoms. The molecule has 1 rings (SSSR count). The second kappa shape index (κ2) is 7.25. The monoisotopic (exact) mass is 296 g/mol. The number of halogens is 1. The van der Waals surface area contributed by atoms with Gasteiger partial charge in [-0.2, -0.15) is 0 Å². The van der Waals surface area contributed by atoms with Crippen molar-refractivity contribution in [1.82, 2.24) is 5.32 Å². The average molecular weight is 297 g/mol. The Morgan fingerprint density at radius 3 is 2.71 bits per heavy atom.